The highest BCUT2D eigenvalue weighted by atomic mass is 14.6. The molecule has 0 atom stereocenters. The van der Waals surface area contributed by atoms with Gasteiger partial charge in [-0.25, -0.2) is 0 Å². The first-order valence-corrected chi connectivity index (χ1v) is 9.81. The number of hydrogen-bond acceptors (Lipinski definition) is 1. The third kappa shape index (κ3) is 3.27. The molecule has 1 aromatic heterocycles. The van der Waals surface area contributed by atoms with Crippen molar-refractivity contribution in [1.29, 1.82) is 0 Å². The van der Waals surface area contributed by atoms with Crippen LogP contribution in [0.5, 0.6) is 0 Å². The van der Waals surface area contributed by atoms with Gasteiger partial charge < -0.3 is 0 Å². The molecule has 0 unspecified atom stereocenters. The summed E-state index contributed by atoms with van der Waals surface area (Å²) in [5.74, 6) is 0. The number of nitrogens with zero attached hydrogens (tertiary/aromatic N) is 1. The number of aromatic nitrogens is 1. The summed E-state index contributed by atoms with van der Waals surface area (Å²) >= 11 is 0. The van der Waals surface area contributed by atoms with E-state index in [-0.39, 0.29) is 0 Å². The van der Waals surface area contributed by atoms with Crippen LogP contribution >= 0.6 is 0 Å². The molecule has 1 nitrogen and oxygen atoms in total. The first kappa shape index (κ1) is 17.9. The van der Waals surface area contributed by atoms with Crippen molar-refractivity contribution in [3.8, 4) is 0 Å². The van der Waals surface area contributed by atoms with Gasteiger partial charge in [0.05, 0.1) is 0 Å². The Morgan fingerprint density at radius 2 is 0.857 bits per heavy atom. The molecule has 0 amide bonds. The molecule has 136 valence electrons. The molecule has 1 heterocycles. The number of benzene rings is 5. The second-order valence-electron chi connectivity index (χ2n) is 6.51. The van der Waals surface area contributed by atoms with Crippen molar-refractivity contribution in [1.82, 2.24) is 4.98 Å². The van der Waals surface area contributed by atoms with Crippen LogP contribution in [0.25, 0.3) is 43.1 Å². The third-order valence-electron chi connectivity index (χ3n) is 4.94. The van der Waals surface area contributed by atoms with Gasteiger partial charge in [0.25, 0.3) is 0 Å². The predicted molar refractivity (Wildman–Crippen MR) is 123 cm³/mol. The van der Waals surface area contributed by atoms with E-state index in [1.54, 1.807) is 0 Å². The van der Waals surface area contributed by atoms with Gasteiger partial charge in [-0.05, 0) is 49.2 Å². The third-order valence-corrected chi connectivity index (χ3v) is 4.94. The predicted octanol–water partition coefficient (Wildman–Crippen LogP) is 7.85. The zero-order chi connectivity index (χ0) is 19.3. The lowest BCUT2D eigenvalue weighted by Crippen LogP contribution is -1.82. The van der Waals surface area contributed by atoms with Crippen LogP contribution in [0.4, 0.5) is 0 Å². The summed E-state index contributed by atoms with van der Waals surface area (Å²) in [7, 11) is 0. The van der Waals surface area contributed by atoms with E-state index >= 15 is 0 Å². The maximum atomic E-state index is 4.01. The van der Waals surface area contributed by atoms with E-state index in [0.717, 1.165) is 0 Å². The van der Waals surface area contributed by atoms with Crippen molar-refractivity contribution in [2.24, 2.45) is 0 Å². The number of rotatable bonds is 0. The molecule has 0 N–H and O–H groups in total. The Balaban J connectivity index is 0.000000138. The van der Waals surface area contributed by atoms with Crippen molar-refractivity contribution in [2.45, 2.75) is 13.8 Å². The molecule has 0 bridgehead atoms. The second-order valence-corrected chi connectivity index (χ2v) is 6.51. The fraction of sp³-hybridized carbons (Fsp3) is 0.0741. The Morgan fingerprint density at radius 3 is 1.32 bits per heavy atom. The minimum absolute atomic E-state index is 1.20. The lowest BCUT2D eigenvalue weighted by atomic mass is 9.95. The lowest BCUT2D eigenvalue weighted by molar-refractivity contribution is 1.36. The van der Waals surface area contributed by atoms with Gasteiger partial charge in [0.1, 0.15) is 0 Å². The van der Waals surface area contributed by atoms with Crippen LogP contribution in [0.15, 0.2) is 103 Å². The monoisotopic (exact) mass is 361 g/mol. The van der Waals surface area contributed by atoms with Crippen molar-refractivity contribution in [2.75, 3.05) is 0 Å². The van der Waals surface area contributed by atoms with Gasteiger partial charge >= 0.3 is 0 Å². The molecule has 0 fully saturated rings. The largest absolute Gasteiger partial charge is 0.264 e. The van der Waals surface area contributed by atoms with Crippen LogP contribution < -0.4 is 0 Å². The average Bonchev–Trinajstić information content (AvgIpc) is 2.79. The molecule has 1 heteroatoms. The molecular formula is C27H23N. The summed E-state index contributed by atoms with van der Waals surface area (Å²) < 4.78 is 0. The van der Waals surface area contributed by atoms with Gasteiger partial charge in [0.15, 0.2) is 0 Å². The summed E-state index contributed by atoms with van der Waals surface area (Å²) in [6.07, 6.45) is 3.68. The van der Waals surface area contributed by atoms with Crippen LogP contribution in [0.1, 0.15) is 13.8 Å². The number of hydrogen-bond donors (Lipinski definition) is 0. The molecule has 0 radical (unpaired) electrons. The van der Waals surface area contributed by atoms with Gasteiger partial charge in [0.2, 0.25) is 0 Å². The van der Waals surface area contributed by atoms with Crippen molar-refractivity contribution in [3.05, 3.63) is 103 Å². The first-order valence-electron chi connectivity index (χ1n) is 9.81. The maximum Gasteiger partial charge on any atom is 0.0346 e. The minimum Gasteiger partial charge on any atom is -0.264 e. The van der Waals surface area contributed by atoms with E-state index in [9.17, 15) is 0 Å². The summed E-state index contributed by atoms with van der Waals surface area (Å²) in [5, 5.41) is 10.6. The van der Waals surface area contributed by atoms with Gasteiger partial charge in [-0.2, -0.15) is 0 Å². The smallest absolute Gasteiger partial charge is 0.0346 e. The van der Waals surface area contributed by atoms with E-state index in [2.05, 4.69) is 77.8 Å². The van der Waals surface area contributed by atoms with Crippen LogP contribution in [-0.4, -0.2) is 4.98 Å². The standard InChI is InChI=1S/C16H10.C9H7N.C2H6/c1-3-11-7-9-13-5-2-6-14-10-8-12(4-1)15(11)16(13)14;1-2-4-9-7-10-6-5-8(9)3-1;1-2/h1-10H;1-7H;1-2H3. The van der Waals surface area contributed by atoms with Gasteiger partial charge in [-0.1, -0.05) is 98.8 Å². The average molecular weight is 361 g/mol. The summed E-state index contributed by atoms with van der Waals surface area (Å²) in [4.78, 5) is 4.01. The molecular weight excluding hydrogens is 338 g/mol. The van der Waals surface area contributed by atoms with E-state index in [1.807, 2.05) is 44.4 Å². The fourth-order valence-corrected chi connectivity index (χ4v) is 3.70. The van der Waals surface area contributed by atoms with Gasteiger partial charge in [-0.15, -0.1) is 0 Å². The van der Waals surface area contributed by atoms with Crippen molar-refractivity contribution >= 4 is 43.1 Å². The molecule has 0 aliphatic rings. The molecule has 28 heavy (non-hydrogen) atoms. The van der Waals surface area contributed by atoms with E-state index in [0.29, 0.717) is 0 Å². The zero-order valence-electron chi connectivity index (χ0n) is 16.3. The Hall–Kier alpha value is -3.45. The van der Waals surface area contributed by atoms with Gasteiger partial charge in [-0.3, -0.25) is 4.98 Å². The summed E-state index contributed by atoms with van der Waals surface area (Å²) in [5.41, 5.74) is 0. The first-order chi connectivity index (χ1) is 13.9. The van der Waals surface area contributed by atoms with E-state index in [1.165, 1.54) is 43.1 Å². The van der Waals surface area contributed by atoms with Gasteiger partial charge in [0, 0.05) is 12.4 Å². The zero-order valence-corrected chi connectivity index (χ0v) is 16.3. The van der Waals surface area contributed by atoms with E-state index < -0.39 is 0 Å². The highest BCUT2D eigenvalue weighted by molar-refractivity contribution is 6.22. The molecule has 0 aliphatic heterocycles. The van der Waals surface area contributed by atoms with Crippen molar-refractivity contribution in [3.63, 3.8) is 0 Å². The lowest BCUT2D eigenvalue weighted by Gasteiger charge is -2.09. The van der Waals surface area contributed by atoms with Crippen LogP contribution in [0.3, 0.4) is 0 Å². The van der Waals surface area contributed by atoms with Crippen LogP contribution in [-0.2, 0) is 0 Å². The Bertz CT molecular complexity index is 1140. The van der Waals surface area contributed by atoms with Crippen molar-refractivity contribution < 1.29 is 0 Å². The molecule has 0 saturated carbocycles. The Morgan fingerprint density at radius 1 is 0.429 bits per heavy atom. The minimum atomic E-state index is 1.20. The molecule has 0 spiro atoms. The molecule has 5 aromatic carbocycles. The highest BCUT2D eigenvalue weighted by Crippen LogP contribution is 2.33. The van der Waals surface area contributed by atoms with Crippen LogP contribution in [0.2, 0.25) is 0 Å². The maximum absolute atomic E-state index is 4.01. The SMILES string of the molecule is CC.c1cc2ccc3cccc4ccc(c1)c2c34.c1ccc2cnccc2c1. The normalized spacial score (nSPS) is 10.5. The van der Waals surface area contributed by atoms with E-state index in [4.69, 9.17) is 0 Å². The molecule has 6 aromatic rings. The molecule has 6 rings (SSSR count). The Kier molecular flexibility index (Phi) is 5.16. The number of pyridine rings is 1. The quantitative estimate of drug-likeness (QED) is 0.251. The molecule has 0 saturated heterocycles. The highest BCUT2D eigenvalue weighted by Gasteiger charge is 2.05. The second kappa shape index (κ2) is 8.06. The van der Waals surface area contributed by atoms with Crippen LogP contribution in [0, 0.1) is 0 Å². The molecule has 0 aliphatic carbocycles. The number of fused-ring (bicyclic) bond motifs is 1. The topological polar surface area (TPSA) is 12.9 Å². The summed E-state index contributed by atoms with van der Waals surface area (Å²) in [6.45, 7) is 4.00. The summed E-state index contributed by atoms with van der Waals surface area (Å²) in [6, 6.07) is 32.1. The fourth-order valence-electron chi connectivity index (χ4n) is 3.70. The Labute approximate surface area is 165 Å².